The molecular weight excluding hydrogens is 280 g/mol. The van der Waals surface area contributed by atoms with Gasteiger partial charge in [-0.1, -0.05) is 99.9 Å². The lowest BCUT2D eigenvalue weighted by atomic mass is 10.0. The fraction of sp³-hybridized carbons (Fsp3) is 0.238. The molecule has 1 aliphatic carbocycles. The highest BCUT2D eigenvalue weighted by atomic mass is 28.3. The molecule has 1 unspecified atom stereocenters. The lowest BCUT2D eigenvalue weighted by molar-refractivity contribution is 0.816. The van der Waals surface area contributed by atoms with Crippen LogP contribution in [-0.2, 0) is 0 Å². The molecule has 2 aromatic carbocycles. The lowest BCUT2D eigenvalue weighted by Crippen LogP contribution is -2.44. The smallest absolute Gasteiger partial charge is 0.0664 e. The van der Waals surface area contributed by atoms with Crippen molar-refractivity contribution in [1.29, 1.82) is 0 Å². The summed E-state index contributed by atoms with van der Waals surface area (Å²) in [5.74, 6) is 0.595. The molecule has 2 aromatic rings. The van der Waals surface area contributed by atoms with Crippen molar-refractivity contribution in [3.8, 4) is 0 Å². The van der Waals surface area contributed by atoms with Gasteiger partial charge in [0, 0.05) is 0 Å². The molecule has 1 atom stereocenters. The first-order valence-corrected chi connectivity index (χ1v) is 9.82. The summed E-state index contributed by atoms with van der Waals surface area (Å²) in [6, 6.07) is 22.2. The minimum atomic E-state index is -1.37. The van der Waals surface area contributed by atoms with Crippen LogP contribution in [0.25, 0.3) is 0 Å². The SMILES string of the molecule is CC1=C(C)C(C)C(C)=C1[SiH](c1ccccc1)c1ccccc1. The molecule has 3 rings (SSSR count). The Morgan fingerprint density at radius 2 is 1.14 bits per heavy atom. The molecule has 0 N–H and O–H groups in total. The molecule has 1 aliphatic rings. The first-order chi connectivity index (χ1) is 10.6. The highest BCUT2D eigenvalue weighted by Gasteiger charge is 2.31. The van der Waals surface area contributed by atoms with Crippen molar-refractivity contribution in [1.82, 2.24) is 0 Å². The predicted octanol–water partition coefficient (Wildman–Crippen LogP) is 3.87. The summed E-state index contributed by atoms with van der Waals surface area (Å²) in [7, 11) is -1.37. The van der Waals surface area contributed by atoms with Gasteiger partial charge in [0.1, 0.15) is 8.80 Å². The molecule has 0 fully saturated rings. The van der Waals surface area contributed by atoms with Gasteiger partial charge in [0.15, 0.2) is 0 Å². The summed E-state index contributed by atoms with van der Waals surface area (Å²) in [6.07, 6.45) is 0. The zero-order valence-corrected chi connectivity index (χ0v) is 15.1. The van der Waals surface area contributed by atoms with Gasteiger partial charge in [-0.15, -0.1) is 0 Å². The summed E-state index contributed by atoms with van der Waals surface area (Å²) in [5, 5.41) is 4.69. The van der Waals surface area contributed by atoms with E-state index < -0.39 is 8.80 Å². The van der Waals surface area contributed by atoms with Crippen LogP contribution in [0.5, 0.6) is 0 Å². The molecular formula is C21H24Si. The van der Waals surface area contributed by atoms with E-state index in [1.165, 1.54) is 15.9 Å². The Bertz CT molecular complexity index is 684. The van der Waals surface area contributed by atoms with E-state index in [4.69, 9.17) is 0 Å². The Labute approximate surface area is 135 Å². The van der Waals surface area contributed by atoms with Crippen molar-refractivity contribution in [2.45, 2.75) is 27.7 Å². The first-order valence-electron chi connectivity index (χ1n) is 8.09. The summed E-state index contributed by atoms with van der Waals surface area (Å²) >= 11 is 0. The molecule has 112 valence electrons. The largest absolute Gasteiger partial charge is 0.133 e. The van der Waals surface area contributed by atoms with Crippen LogP contribution in [0.2, 0.25) is 0 Å². The number of hydrogen-bond donors (Lipinski definition) is 0. The molecule has 1 heteroatoms. The third kappa shape index (κ3) is 2.50. The second-order valence-electron chi connectivity index (χ2n) is 6.38. The second-order valence-corrected chi connectivity index (χ2v) is 9.16. The minimum Gasteiger partial charge on any atom is -0.0664 e. The molecule has 0 amide bonds. The van der Waals surface area contributed by atoms with E-state index in [0.717, 1.165) is 0 Å². The van der Waals surface area contributed by atoms with Gasteiger partial charge in [-0.25, -0.2) is 0 Å². The van der Waals surface area contributed by atoms with Crippen molar-refractivity contribution in [3.05, 3.63) is 82.6 Å². The fourth-order valence-corrected chi connectivity index (χ4v) is 7.28. The van der Waals surface area contributed by atoms with Crippen LogP contribution >= 0.6 is 0 Å². The number of hydrogen-bond acceptors (Lipinski definition) is 0. The molecule has 0 heterocycles. The second kappa shape index (κ2) is 6.10. The topological polar surface area (TPSA) is 0 Å². The lowest BCUT2D eigenvalue weighted by Gasteiger charge is -2.21. The highest BCUT2D eigenvalue weighted by molar-refractivity contribution is 6.91. The number of allylic oxidation sites excluding steroid dienone is 4. The monoisotopic (exact) mass is 304 g/mol. The maximum Gasteiger partial charge on any atom is 0.133 e. The van der Waals surface area contributed by atoms with E-state index in [1.807, 2.05) is 0 Å². The quantitative estimate of drug-likeness (QED) is 0.755. The predicted molar refractivity (Wildman–Crippen MR) is 99.5 cm³/mol. The number of benzene rings is 2. The van der Waals surface area contributed by atoms with Gasteiger partial charge in [0.2, 0.25) is 0 Å². The molecule has 0 saturated heterocycles. The Morgan fingerprint density at radius 3 is 1.50 bits per heavy atom. The summed E-state index contributed by atoms with van der Waals surface area (Å²) in [6.45, 7) is 9.32. The Kier molecular flexibility index (Phi) is 4.17. The van der Waals surface area contributed by atoms with E-state index >= 15 is 0 Å². The zero-order chi connectivity index (χ0) is 15.7. The Morgan fingerprint density at radius 1 is 0.682 bits per heavy atom. The molecule has 0 radical (unpaired) electrons. The van der Waals surface area contributed by atoms with Gasteiger partial charge in [0.25, 0.3) is 0 Å². The van der Waals surface area contributed by atoms with Gasteiger partial charge in [-0.05, 0) is 26.7 Å². The molecule has 0 saturated carbocycles. The molecule has 0 aromatic heterocycles. The van der Waals surface area contributed by atoms with Crippen molar-refractivity contribution < 1.29 is 0 Å². The highest BCUT2D eigenvalue weighted by Crippen LogP contribution is 2.37. The third-order valence-electron chi connectivity index (χ3n) is 5.27. The molecule has 0 nitrogen and oxygen atoms in total. The minimum absolute atomic E-state index is 0.595. The molecule has 0 aliphatic heterocycles. The Hall–Kier alpha value is -1.86. The normalized spacial score (nSPS) is 18.5. The van der Waals surface area contributed by atoms with Crippen LogP contribution in [-0.4, -0.2) is 8.80 Å². The maximum atomic E-state index is 2.35. The van der Waals surface area contributed by atoms with Gasteiger partial charge in [-0.3, -0.25) is 0 Å². The average molecular weight is 305 g/mol. The third-order valence-corrected chi connectivity index (χ3v) is 8.84. The average Bonchev–Trinajstić information content (AvgIpc) is 2.75. The van der Waals surface area contributed by atoms with E-state index in [-0.39, 0.29) is 0 Å². The Balaban J connectivity index is 2.20. The maximum absolute atomic E-state index is 2.35. The van der Waals surface area contributed by atoms with Gasteiger partial charge in [-0.2, -0.15) is 0 Å². The van der Waals surface area contributed by atoms with Crippen molar-refractivity contribution in [2.24, 2.45) is 5.92 Å². The van der Waals surface area contributed by atoms with Crippen LogP contribution in [0.15, 0.2) is 82.6 Å². The van der Waals surface area contributed by atoms with E-state index in [1.54, 1.807) is 16.3 Å². The zero-order valence-electron chi connectivity index (χ0n) is 13.9. The molecule has 0 bridgehead atoms. The van der Waals surface area contributed by atoms with Gasteiger partial charge < -0.3 is 0 Å². The summed E-state index contributed by atoms with van der Waals surface area (Å²) in [5.41, 5.74) is 4.67. The van der Waals surface area contributed by atoms with Gasteiger partial charge in [0.05, 0.1) is 0 Å². The van der Waals surface area contributed by atoms with Crippen LogP contribution in [0, 0.1) is 5.92 Å². The molecule has 0 spiro atoms. The molecule has 22 heavy (non-hydrogen) atoms. The fourth-order valence-electron chi connectivity index (χ4n) is 3.65. The van der Waals surface area contributed by atoms with Crippen LogP contribution in [0.4, 0.5) is 0 Å². The van der Waals surface area contributed by atoms with Crippen LogP contribution < -0.4 is 10.4 Å². The van der Waals surface area contributed by atoms with E-state index in [0.29, 0.717) is 5.92 Å². The summed E-state index contributed by atoms with van der Waals surface area (Å²) in [4.78, 5) is 0. The van der Waals surface area contributed by atoms with Gasteiger partial charge >= 0.3 is 0 Å². The number of rotatable bonds is 3. The van der Waals surface area contributed by atoms with Crippen molar-refractivity contribution in [3.63, 3.8) is 0 Å². The van der Waals surface area contributed by atoms with Crippen molar-refractivity contribution >= 4 is 19.2 Å². The standard InChI is InChI=1S/C21H24Si/c1-15-16(2)18(4)21(17(15)3)22(19-11-7-5-8-12-19)20-13-9-6-10-14-20/h5-15,22H,1-4H3. The van der Waals surface area contributed by atoms with E-state index in [9.17, 15) is 0 Å². The first kappa shape index (κ1) is 15.0. The van der Waals surface area contributed by atoms with E-state index in [2.05, 4.69) is 88.4 Å². The van der Waals surface area contributed by atoms with Crippen LogP contribution in [0.3, 0.4) is 0 Å². The van der Waals surface area contributed by atoms with Crippen LogP contribution in [0.1, 0.15) is 27.7 Å². The van der Waals surface area contributed by atoms with Crippen molar-refractivity contribution in [2.75, 3.05) is 0 Å². The summed E-state index contributed by atoms with van der Waals surface area (Å²) < 4.78 is 0.